The van der Waals surface area contributed by atoms with Crippen LogP contribution in [0.5, 0.6) is 5.75 Å². The van der Waals surface area contributed by atoms with Gasteiger partial charge in [-0.15, -0.1) is 0 Å². The summed E-state index contributed by atoms with van der Waals surface area (Å²) >= 11 is 0. The van der Waals surface area contributed by atoms with E-state index in [0.717, 1.165) is 76.4 Å². The van der Waals surface area contributed by atoms with E-state index in [9.17, 15) is 4.79 Å². The van der Waals surface area contributed by atoms with Crippen molar-refractivity contribution in [3.63, 3.8) is 0 Å². The van der Waals surface area contributed by atoms with Crippen LogP contribution in [0, 0.1) is 6.92 Å². The average Bonchev–Trinajstić information content (AvgIpc) is 2.81. The maximum atomic E-state index is 13.1. The van der Waals surface area contributed by atoms with Crippen LogP contribution in [0.2, 0.25) is 0 Å². The van der Waals surface area contributed by atoms with Gasteiger partial charge in [0.25, 0.3) is 5.91 Å². The second-order valence-corrected chi connectivity index (χ2v) is 8.68. The Labute approximate surface area is 185 Å². The third-order valence-electron chi connectivity index (χ3n) is 6.39. The van der Waals surface area contributed by atoms with Gasteiger partial charge < -0.3 is 14.4 Å². The van der Waals surface area contributed by atoms with E-state index in [4.69, 9.17) is 9.47 Å². The summed E-state index contributed by atoms with van der Waals surface area (Å²) in [4.78, 5) is 17.7. The zero-order chi connectivity index (χ0) is 21.5. The number of amides is 1. The zero-order valence-electron chi connectivity index (χ0n) is 18.6. The molecule has 0 aliphatic carbocycles. The van der Waals surface area contributed by atoms with Crippen molar-refractivity contribution < 1.29 is 14.3 Å². The Morgan fingerprint density at radius 2 is 1.94 bits per heavy atom. The standard InChI is InChI=1S/C26H34N2O3/c1-21-6-4-9-25(18-21)31-20-26(29)28(24-11-16-30-17-12-24)14-5-13-27-15-10-22-7-2-3-8-23(22)19-27/h2-4,6-9,18,24H,5,10-17,19-20H2,1H3. The maximum Gasteiger partial charge on any atom is 0.260 e. The van der Waals surface area contributed by atoms with Gasteiger partial charge in [0.1, 0.15) is 5.75 Å². The van der Waals surface area contributed by atoms with Crippen LogP contribution in [0.4, 0.5) is 0 Å². The van der Waals surface area contributed by atoms with Crippen LogP contribution in [0.3, 0.4) is 0 Å². The number of nitrogens with zero attached hydrogens (tertiary/aromatic N) is 2. The van der Waals surface area contributed by atoms with E-state index in [1.54, 1.807) is 0 Å². The van der Waals surface area contributed by atoms with E-state index in [2.05, 4.69) is 34.1 Å². The number of ether oxygens (including phenoxy) is 2. The summed E-state index contributed by atoms with van der Waals surface area (Å²) in [5.74, 6) is 0.838. The fraction of sp³-hybridized carbons (Fsp3) is 0.500. The van der Waals surface area contributed by atoms with Crippen LogP contribution >= 0.6 is 0 Å². The molecule has 0 saturated carbocycles. The fourth-order valence-corrected chi connectivity index (χ4v) is 4.65. The smallest absolute Gasteiger partial charge is 0.260 e. The molecule has 1 amide bonds. The molecule has 5 nitrogen and oxygen atoms in total. The number of benzene rings is 2. The summed E-state index contributed by atoms with van der Waals surface area (Å²) in [6, 6.07) is 16.9. The lowest BCUT2D eigenvalue weighted by Crippen LogP contribution is -2.46. The predicted molar refractivity (Wildman–Crippen MR) is 122 cm³/mol. The predicted octanol–water partition coefficient (Wildman–Crippen LogP) is 3.83. The van der Waals surface area contributed by atoms with Crippen LogP contribution in [0.1, 0.15) is 36.0 Å². The first-order chi connectivity index (χ1) is 15.2. The SMILES string of the molecule is Cc1cccc(OCC(=O)N(CCCN2CCc3ccccc3C2)C2CCOCC2)c1. The highest BCUT2D eigenvalue weighted by Crippen LogP contribution is 2.20. The zero-order valence-corrected chi connectivity index (χ0v) is 18.6. The van der Waals surface area contributed by atoms with Crippen molar-refractivity contribution in [1.82, 2.24) is 9.80 Å². The third-order valence-corrected chi connectivity index (χ3v) is 6.39. The first-order valence-electron chi connectivity index (χ1n) is 11.5. The van der Waals surface area contributed by atoms with Crippen LogP contribution in [0.25, 0.3) is 0 Å². The van der Waals surface area contributed by atoms with Crippen LogP contribution in [-0.2, 0) is 22.5 Å². The quantitative estimate of drug-likeness (QED) is 0.648. The number of carbonyl (C=O) groups is 1. The Morgan fingerprint density at radius 1 is 1.13 bits per heavy atom. The topological polar surface area (TPSA) is 42.0 Å². The summed E-state index contributed by atoms with van der Waals surface area (Å²) < 4.78 is 11.4. The lowest BCUT2D eigenvalue weighted by Gasteiger charge is -2.35. The van der Waals surface area contributed by atoms with Gasteiger partial charge in [0.05, 0.1) is 0 Å². The molecule has 0 radical (unpaired) electrons. The molecule has 4 rings (SSSR count). The molecule has 0 N–H and O–H groups in total. The van der Waals surface area contributed by atoms with Gasteiger partial charge in [-0.1, -0.05) is 36.4 Å². The molecule has 2 aliphatic heterocycles. The van der Waals surface area contributed by atoms with Gasteiger partial charge in [-0.3, -0.25) is 9.69 Å². The first kappa shape index (κ1) is 21.8. The van der Waals surface area contributed by atoms with Crippen molar-refractivity contribution in [3.05, 3.63) is 65.2 Å². The fourth-order valence-electron chi connectivity index (χ4n) is 4.65. The molecule has 2 heterocycles. The highest BCUT2D eigenvalue weighted by atomic mass is 16.5. The largest absolute Gasteiger partial charge is 0.484 e. The van der Waals surface area contributed by atoms with E-state index in [0.29, 0.717) is 0 Å². The van der Waals surface area contributed by atoms with E-state index in [-0.39, 0.29) is 18.6 Å². The van der Waals surface area contributed by atoms with Crippen molar-refractivity contribution in [3.8, 4) is 5.75 Å². The molecule has 0 aromatic heterocycles. The molecule has 31 heavy (non-hydrogen) atoms. The van der Waals surface area contributed by atoms with Crippen molar-refractivity contribution >= 4 is 5.91 Å². The summed E-state index contributed by atoms with van der Waals surface area (Å²) in [6.45, 7) is 7.49. The Balaban J connectivity index is 1.31. The van der Waals surface area contributed by atoms with Crippen LogP contribution < -0.4 is 4.74 Å². The van der Waals surface area contributed by atoms with E-state index in [1.165, 1.54) is 11.1 Å². The monoisotopic (exact) mass is 422 g/mol. The van der Waals surface area contributed by atoms with Crippen LogP contribution in [0.15, 0.2) is 48.5 Å². The molecule has 1 fully saturated rings. The van der Waals surface area contributed by atoms with Gasteiger partial charge in [0.2, 0.25) is 0 Å². The molecule has 0 unspecified atom stereocenters. The number of carbonyl (C=O) groups excluding carboxylic acids is 1. The Hall–Kier alpha value is -2.37. The molecule has 0 atom stereocenters. The van der Waals surface area contributed by atoms with Crippen molar-refractivity contribution in [2.75, 3.05) is 39.5 Å². The molecular weight excluding hydrogens is 388 g/mol. The first-order valence-corrected chi connectivity index (χ1v) is 11.5. The van der Waals surface area contributed by atoms with Gasteiger partial charge in [0, 0.05) is 45.4 Å². The molecule has 2 aliphatic rings. The second-order valence-electron chi connectivity index (χ2n) is 8.68. The molecule has 5 heteroatoms. The highest BCUT2D eigenvalue weighted by molar-refractivity contribution is 5.78. The average molecular weight is 423 g/mol. The van der Waals surface area contributed by atoms with Gasteiger partial charge in [-0.05, 0) is 61.4 Å². The van der Waals surface area contributed by atoms with Crippen molar-refractivity contribution in [2.24, 2.45) is 0 Å². The molecular formula is C26H34N2O3. The number of hydrogen-bond acceptors (Lipinski definition) is 4. The Kier molecular flexibility index (Phi) is 7.60. The number of aryl methyl sites for hydroxylation is 1. The molecule has 166 valence electrons. The van der Waals surface area contributed by atoms with Gasteiger partial charge in [-0.2, -0.15) is 0 Å². The lowest BCUT2D eigenvalue weighted by molar-refractivity contribution is -0.137. The number of hydrogen-bond donors (Lipinski definition) is 0. The summed E-state index contributed by atoms with van der Waals surface area (Å²) in [7, 11) is 0. The Morgan fingerprint density at radius 3 is 2.74 bits per heavy atom. The second kappa shape index (κ2) is 10.8. The highest BCUT2D eigenvalue weighted by Gasteiger charge is 2.26. The van der Waals surface area contributed by atoms with E-state index >= 15 is 0 Å². The van der Waals surface area contributed by atoms with Crippen LogP contribution in [-0.4, -0.2) is 61.2 Å². The summed E-state index contributed by atoms with van der Waals surface area (Å²) in [5.41, 5.74) is 4.05. The van der Waals surface area contributed by atoms with E-state index in [1.807, 2.05) is 31.2 Å². The van der Waals surface area contributed by atoms with E-state index < -0.39 is 0 Å². The van der Waals surface area contributed by atoms with Gasteiger partial charge >= 0.3 is 0 Å². The van der Waals surface area contributed by atoms with Crippen molar-refractivity contribution in [1.29, 1.82) is 0 Å². The summed E-state index contributed by atoms with van der Waals surface area (Å²) in [5, 5.41) is 0. The normalized spacial score (nSPS) is 17.2. The molecule has 2 aromatic rings. The molecule has 2 aromatic carbocycles. The van der Waals surface area contributed by atoms with Gasteiger partial charge in [0.15, 0.2) is 6.61 Å². The number of fused-ring (bicyclic) bond motifs is 1. The minimum Gasteiger partial charge on any atom is -0.484 e. The minimum atomic E-state index is 0.0809. The third kappa shape index (κ3) is 6.08. The van der Waals surface area contributed by atoms with Crippen molar-refractivity contribution in [2.45, 2.75) is 45.2 Å². The minimum absolute atomic E-state index is 0.0809. The number of rotatable bonds is 8. The molecule has 0 bridgehead atoms. The Bertz CT molecular complexity index is 863. The lowest BCUT2D eigenvalue weighted by atomic mass is 10.00. The summed E-state index contributed by atoms with van der Waals surface area (Å²) in [6.07, 6.45) is 3.92. The maximum absolute atomic E-state index is 13.1. The molecule has 0 spiro atoms. The van der Waals surface area contributed by atoms with Gasteiger partial charge in [-0.25, -0.2) is 0 Å². The molecule has 1 saturated heterocycles.